The molecule has 7 heteroatoms. The van der Waals surface area contributed by atoms with Gasteiger partial charge >= 0.3 is 0 Å². The van der Waals surface area contributed by atoms with E-state index in [0.29, 0.717) is 31.3 Å². The van der Waals surface area contributed by atoms with Crippen molar-refractivity contribution >= 4 is 17.7 Å². The molecule has 0 bridgehead atoms. The molecule has 1 aliphatic carbocycles. The van der Waals surface area contributed by atoms with Crippen molar-refractivity contribution in [3.63, 3.8) is 0 Å². The highest BCUT2D eigenvalue weighted by atomic mass is 32.2. The number of hydrogen-bond acceptors (Lipinski definition) is 5. The Morgan fingerprint density at radius 1 is 1.58 bits per heavy atom. The van der Waals surface area contributed by atoms with Crippen molar-refractivity contribution in [2.24, 2.45) is 0 Å². The smallest absolute Gasteiger partial charge is 0.233 e. The van der Waals surface area contributed by atoms with Crippen LogP contribution in [0.15, 0.2) is 11.5 Å². The molecule has 2 fully saturated rings. The quantitative estimate of drug-likeness (QED) is 0.805. The SMILES string of the molecule is CCC1(O)CN(C(=O)CSc2nncn2C2CC2)C1. The van der Waals surface area contributed by atoms with Crippen molar-refractivity contribution < 1.29 is 9.90 Å². The van der Waals surface area contributed by atoms with Crippen molar-refractivity contribution in [1.82, 2.24) is 19.7 Å². The first-order chi connectivity index (χ1) is 9.11. The van der Waals surface area contributed by atoms with Crippen LogP contribution < -0.4 is 0 Å². The molecule has 104 valence electrons. The average molecular weight is 282 g/mol. The number of hydrogen-bond donors (Lipinski definition) is 1. The van der Waals surface area contributed by atoms with Crippen molar-refractivity contribution in [3.8, 4) is 0 Å². The Hall–Kier alpha value is -1.08. The highest BCUT2D eigenvalue weighted by Gasteiger charge is 2.41. The molecular weight excluding hydrogens is 264 g/mol. The first kappa shape index (κ1) is 12.9. The van der Waals surface area contributed by atoms with Crippen molar-refractivity contribution in [2.45, 2.75) is 43.0 Å². The van der Waals surface area contributed by atoms with Gasteiger partial charge in [-0.2, -0.15) is 0 Å². The number of aliphatic hydroxyl groups is 1. The van der Waals surface area contributed by atoms with Crippen molar-refractivity contribution in [3.05, 3.63) is 6.33 Å². The van der Waals surface area contributed by atoms with Gasteiger partial charge in [0.05, 0.1) is 24.4 Å². The lowest BCUT2D eigenvalue weighted by Gasteiger charge is -2.46. The molecule has 1 saturated heterocycles. The van der Waals surface area contributed by atoms with Crippen LogP contribution >= 0.6 is 11.8 Å². The zero-order chi connectivity index (χ0) is 13.5. The van der Waals surface area contributed by atoms with Gasteiger partial charge in [0.25, 0.3) is 0 Å². The van der Waals surface area contributed by atoms with Crippen LogP contribution in [0, 0.1) is 0 Å². The maximum atomic E-state index is 12.0. The van der Waals surface area contributed by atoms with Gasteiger partial charge in [-0.05, 0) is 19.3 Å². The molecule has 1 aromatic rings. The second kappa shape index (κ2) is 4.79. The maximum Gasteiger partial charge on any atom is 0.233 e. The van der Waals surface area contributed by atoms with Crippen LogP contribution in [0.25, 0.3) is 0 Å². The second-order valence-electron chi connectivity index (χ2n) is 5.37. The number of rotatable bonds is 5. The fourth-order valence-electron chi connectivity index (χ4n) is 2.22. The van der Waals surface area contributed by atoms with E-state index in [-0.39, 0.29) is 5.91 Å². The molecule has 0 spiro atoms. The van der Waals surface area contributed by atoms with Crippen molar-refractivity contribution in [2.75, 3.05) is 18.8 Å². The second-order valence-corrected chi connectivity index (χ2v) is 6.31. The van der Waals surface area contributed by atoms with E-state index in [0.717, 1.165) is 5.16 Å². The number of β-amino-alcohol motifs (C(OH)–C–C–N with tert-alkyl or cyclic N) is 1. The first-order valence-electron chi connectivity index (χ1n) is 6.64. The number of carbonyl (C=O) groups is 1. The van der Waals surface area contributed by atoms with E-state index in [1.54, 1.807) is 11.2 Å². The molecule has 1 amide bonds. The van der Waals surface area contributed by atoms with E-state index in [1.807, 2.05) is 6.92 Å². The molecule has 0 unspecified atom stereocenters. The number of aromatic nitrogens is 3. The van der Waals surface area contributed by atoms with Gasteiger partial charge in [0.1, 0.15) is 6.33 Å². The lowest BCUT2D eigenvalue weighted by Crippen LogP contribution is -2.63. The van der Waals surface area contributed by atoms with Gasteiger partial charge in [-0.25, -0.2) is 0 Å². The summed E-state index contributed by atoms with van der Waals surface area (Å²) >= 11 is 1.43. The van der Waals surface area contributed by atoms with Gasteiger partial charge in [0, 0.05) is 6.04 Å². The molecule has 2 heterocycles. The normalized spacial score (nSPS) is 21.3. The molecule has 19 heavy (non-hydrogen) atoms. The lowest BCUT2D eigenvalue weighted by molar-refractivity contribution is -0.152. The summed E-state index contributed by atoms with van der Waals surface area (Å²) in [5, 5.41) is 18.7. The molecule has 3 rings (SSSR count). The Bertz CT molecular complexity index is 480. The van der Waals surface area contributed by atoms with Crippen LogP contribution in [0.2, 0.25) is 0 Å². The third kappa shape index (κ3) is 2.62. The van der Waals surface area contributed by atoms with E-state index >= 15 is 0 Å². The Balaban J connectivity index is 1.50. The van der Waals surface area contributed by atoms with Crippen LogP contribution in [0.5, 0.6) is 0 Å². The minimum atomic E-state index is -0.658. The summed E-state index contributed by atoms with van der Waals surface area (Å²) in [5.41, 5.74) is -0.658. The molecule has 6 nitrogen and oxygen atoms in total. The van der Waals surface area contributed by atoms with E-state index in [1.165, 1.54) is 24.6 Å². The van der Waals surface area contributed by atoms with Crippen LogP contribution in [-0.4, -0.2) is 55.1 Å². The number of amides is 1. The minimum absolute atomic E-state index is 0.0634. The summed E-state index contributed by atoms with van der Waals surface area (Å²) in [5.74, 6) is 0.430. The van der Waals surface area contributed by atoms with E-state index < -0.39 is 5.60 Å². The fourth-order valence-corrected chi connectivity index (χ4v) is 3.11. The number of carbonyl (C=O) groups excluding carboxylic acids is 1. The standard InChI is InChI=1S/C12H18N4O2S/c1-2-12(18)6-15(7-12)10(17)5-19-11-14-13-8-16(11)9-3-4-9/h8-9,18H,2-7H2,1H3. The summed E-state index contributed by atoms with van der Waals surface area (Å²) < 4.78 is 2.05. The Morgan fingerprint density at radius 3 is 2.95 bits per heavy atom. The monoisotopic (exact) mass is 282 g/mol. The largest absolute Gasteiger partial charge is 0.386 e. The molecule has 0 aromatic carbocycles. The van der Waals surface area contributed by atoms with Crippen LogP contribution in [0.3, 0.4) is 0 Å². The number of nitrogens with zero attached hydrogens (tertiary/aromatic N) is 4. The molecule has 0 radical (unpaired) electrons. The Morgan fingerprint density at radius 2 is 2.32 bits per heavy atom. The van der Waals surface area contributed by atoms with Gasteiger partial charge in [0.15, 0.2) is 5.16 Å². The van der Waals surface area contributed by atoms with Gasteiger partial charge in [0.2, 0.25) is 5.91 Å². The average Bonchev–Trinajstić information content (AvgIpc) is 3.11. The Labute approximate surface area is 116 Å². The molecule has 1 aliphatic heterocycles. The third-order valence-corrected chi connectivity index (χ3v) is 4.73. The summed E-state index contributed by atoms with van der Waals surface area (Å²) in [6, 6.07) is 0.529. The van der Waals surface area contributed by atoms with Crippen LogP contribution in [0.1, 0.15) is 32.2 Å². The van der Waals surface area contributed by atoms with Crippen LogP contribution in [-0.2, 0) is 4.79 Å². The fraction of sp³-hybridized carbons (Fsp3) is 0.750. The van der Waals surface area contributed by atoms with Gasteiger partial charge in [-0.3, -0.25) is 4.79 Å². The molecule has 2 aliphatic rings. The summed E-state index contributed by atoms with van der Waals surface area (Å²) in [7, 11) is 0. The van der Waals surface area contributed by atoms with E-state index in [9.17, 15) is 9.90 Å². The zero-order valence-corrected chi connectivity index (χ0v) is 11.8. The van der Waals surface area contributed by atoms with Gasteiger partial charge in [-0.15, -0.1) is 10.2 Å². The number of likely N-dealkylation sites (tertiary alicyclic amines) is 1. The minimum Gasteiger partial charge on any atom is -0.386 e. The van der Waals surface area contributed by atoms with Gasteiger partial charge < -0.3 is 14.6 Å². The van der Waals surface area contributed by atoms with E-state index in [2.05, 4.69) is 14.8 Å². The first-order valence-corrected chi connectivity index (χ1v) is 7.62. The summed E-state index contributed by atoms with van der Waals surface area (Å²) in [4.78, 5) is 13.7. The van der Waals surface area contributed by atoms with Crippen LogP contribution in [0.4, 0.5) is 0 Å². The Kier molecular flexibility index (Phi) is 3.26. The van der Waals surface area contributed by atoms with Gasteiger partial charge in [-0.1, -0.05) is 18.7 Å². The predicted octanol–water partition coefficient (Wildman–Crippen LogP) is 0.688. The summed E-state index contributed by atoms with van der Waals surface area (Å²) in [6.07, 6.45) is 4.79. The zero-order valence-electron chi connectivity index (χ0n) is 10.9. The molecule has 1 aromatic heterocycles. The maximum absolute atomic E-state index is 12.0. The van der Waals surface area contributed by atoms with Crippen molar-refractivity contribution in [1.29, 1.82) is 0 Å². The number of thioether (sulfide) groups is 1. The molecule has 1 saturated carbocycles. The molecule has 1 N–H and O–H groups in total. The highest BCUT2D eigenvalue weighted by molar-refractivity contribution is 7.99. The lowest BCUT2D eigenvalue weighted by atomic mass is 9.91. The molecular formula is C12H18N4O2S. The topological polar surface area (TPSA) is 71.2 Å². The predicted molar refractivity (Wildman–Crippen MR) is 70.8 cm³/mol. The molecule has 0 atom stereocenters. The highest BCUT2D eigenvalue weighted by Crippen LogP contribution is 2.37. The van der Waals surface area contributed by atoms with E-state index in [4.69, 9.17) is 0 Å². The third-order valence-electron chi connectivity index (χ3n) is 3.79. The summed E-state index contributed by atoms with van der Waals surface area (Å²) in [6.45, 7) is 2.85.